The molecule has 1 aliphatic rings. The first-order valence-electron chi connectivity index (χ1n) is 20.2. The predicted molar refractivity (Wildman–Crippen MR) is 195 cm³/mol. The van der Waals surface area contributed by atoms with E-state index < -0.39 is 18.3 Å². The Labute approximate surface area is 295 Å². The van der Waals surface area contributed by atoms with Gasteiger partial charge >= 0.3 is 17.9 Å². The summed E-state index contributed by atoms with van der Waals surface area (Å²) in [6.07, 6.45) is 27.3. The van der Waals surface area contributed by atoms with Gasteiger partial charge in [-0.2, -0.15) is 0 Å². The molecule has 0 aromatic rings. The van der Waals surface area contributed by atoms with E-state index in [2.05, 4.69) is 18.7 Å². The summed E-state index contributed by atoms with van der Waals surface area (Å²) in [5.41, 5.74) is 0. The number of carbonyl (C=O) groups excluding carboxylic acids is 3. The zero-order chi connectivity index (χ0) is 35.1. The van der Waals surface area contributed by atoms with E-state index in [9.17, 15) is 14.4 Å². The van der Waals surface area contributed by atoms with E-state index in [0.29, 0.717) is 19.3 Å². The summed E-state index contributed by atoms with van der Waals surface area (Å²) in [5, 5.41) is 0. The molecule has 0 bridgehead atoms. The van der Waals surface area contributed by atoms with Crippen molar-refractivity contribution in [2.24, 2.45) is 0 Å². The van der Waals surface area contributed by atoms with E-state index in [1.165, 1.54) is 103 Å². The van der Waals surface area contributed by atoms with Crippen molar-refractivity contribution < 1.29 is 33.3 Å². The number of nitrogens with zero attached hydrogens (tertiary/aromatic N) is 1. The Bertz CT molecular complexity index is 790. The molecule has 1 fully saturated rings. The van der Waals surface area contributed by atoms with Crippen LogP contribution in [0, 0.1) is 0 Å². The quantitative estimate of drug-likeness (QED) is 0.0384. The molecule has 0 aromatic heterocycles. The second-order valence-corrected chi connectivity index (χ2v) is 14.4. The SMILES string of the molecule is CCCCCCCCCCCCCC(=O)OC1CO[C@H](COC(=O)CCCCN(C)C)[C@@H]1OC(=O)CCCCCCCCCCCCC. The summed E-state index contributed by atoms with van der Waals surface area (Å²) in [5.74, 6) is -0.891. The Balaban J connectivity index is 2.42. The predicted octanol–water partition coefficient (Wildman–Crippen LogP) is 9.89. The molecule has 0 saturated carbocycles. The largest absolute Gasteiger partial charge is 0.463 e. The van der Waals surface area contributed by atoms with Crippen molar-refractivity contribution in [1.29, 1.82) is 0 Å². The summed E-state index contributed by atoms with van der Waals surface area (Å²) in [7, 11) is 4.02. The van der Waals surface area contributed by atoms with Gasteiger partial charge in [0.2, 0.25) is 0 Å². The van der Waals surface area contributed by atoms with Gasteiger partial charge in [-0.3, -0.25) is 14.4 Å². The minimum atomic E-state index is -0.770. The number of esters is 3. The Kier molecular flexibility index (Phi) is 28.9. The van der Waals surface area contributed by atoms with Crippen LogP contribution in [0.1, 0.15) is 187 Å². The van der Waals surface area contributed by atoms with E-state index in [4.69, 9.17) is 18.9 Å². The Hall–Kier alpha value is -1.67. The van der Waals surface area contributed by atoms with Gasteiger partial charge in [0.25, 0.3) is 0 Å². The first-order valence-corrected chi connectivity index (χ1v) is 20.2. The Morgan fingerprint density at radius 1 is 0.542 bits per heavy atom. The topological polar surface area (TPSA) is 91.4 Å². The zero-order valence-electron chi connectivity index (χ0n) is 31.8. The van der Waals surface area contributed by atoms with Gasteiger partial charge in [-0.1, -0.05) is 142 Å². The summed E-state index contributed by atoms with van der Waals surface area (Å²) in [4.78, 5) is 40.0. The van der Waals surface area contributed by atoms with E-state index in [0.717, 1.165) is 57.9 Å². The molecular weight excluding hydrogens is 606 g/mol. The summed E-state index contributed by atoms with van der Waals surface area (Å²) < 4.78 is 23.0. The van der Waals surface area contributed by atoms with Crippen molar-refractivity contribution in [1.82, 2.24) is 4.90 Å². The molecule has 1 unspecified atom stereocenters. The van der Waals surface area contributed by atoms with Gasteiger partial charge < -0.3 is 23.8 Å². The fourth-order valence-corrected chi connectivity index (χ4v) is 6.29. The van der Waals surface area contributed by atoms with Gasteiger partial charge in [0.05, 0.1) is 6.61 Å². The van der Waals surface area contributed by atoms with Crippen LogP contribution < -0.4 is 0 Å². The van der Waals surface area contributed by atoms with Gasteiger partial charge in [-0.05, 0) is 46.3 Å². The lowest BCUT2D eigenvalue weighted by atomic mass is 10.1. The van der Waals surface area contributed by atoms with E-state index >= 15 is 0 Å². The van der Waals surface area contributed by atoms with Crippen LogP contribution >= 0.6 is 0 Å². The van der Waals surface area contributed by atoms with Crippen LogP contribution in [0.15, 0.2) is 0 Å². The molecule has 3 atom stereocenters. The first-order chi connectivity index (χ1) is 23.4. The van der Waals surface area contributed by atoms with Crippen LogP contribution in [0.4, 0.5) is 0 Å². The average molecular weight is 682 g/mol. The van der Waals surface area contributed by atoms with E-state index in [-0.39, 0.29) is 31.1 Å². The highest BCUT2D eigenvalue weighted by Crippen LogP contribution is 2.24. The van der Waals surface area contributed by atoms with Gasteiger partial charge in [0, 0.05) is 19.3 Å². The summed E-state index contributed by atoms with van der Waals surface area (Å²) in [6, 6.07) is 0. The van der Waals surface area contributed by atoms with Crippen LogP contribution in [0.5, 0.6) is 0 Å². The highest BCUT2D eigenvalue weighted by molar-refractivity contribution is 5.71. The van der Waals surface area contributed by atoms with Crippen LogP contribution in [-0.2, 0) is 33.3 Å². The zero-order valence-corrected chi connectivity index (χ0v) is 31.8. The molecule has 0 aliphatic carbocycles. The average Bonchev–Trinajstić information content (AvgIpc) is 3.43. The van der Waals surface area contributed by atoms with Crippen molar-refractivity contribution >= 4 is 17.9 Å². The molecule has 1 rings (SSSR count). The van der Waals surface area contributed by atoms with Crippen molar-refractivity contribution in [3.8, 4) is 0 Å². The molecule has 0 spiro atoms. The van der Waals surface area contributed by atoms with Crippen molar-refractivity contribution in [3.63, 3.8) is 0 Å². The molecule has 8 nitrogen and oxygen atoms in total. The van der Waals surface area contributed by atoms with Crippen molar-refractivity contribution in [2.45, 2.75) is 206 Å². The Morgan fingerprint density at radius 3 is 1.40 bits per heavy atom. The normalized spacial score (nSPS) is 17.6. The lowest BCUT2D eigenvalue weighted by molar-refractivity contribution is -0.168. The second kappa shape index (κ2) is 31.3. The summed E-state index contributed by atoms with van der Waals surface area (Å²) >= 11 is 0. The molecule has 0 radical (unpaired) electrons. The first kappa shape index (κ1) is 44.4. The van der Waals surface area contributed by atoms with Gasteiger partial charge in [-0.25, -0.2) is 0 Å². The third-order valence-corrected chi connectivity index (χ3v) is 9.37. The monoisotopic (exact) mass is 682 g/mol. The molecule has 1 aliphatic heterocycles. The minimum Gasteiger partial charge on any atom is -0.463 e. The fraction of sp³-hybridized carbons (Fsp3) is 0.925. The minimum absolute atomic E-state index is 0.0183. The van der Waals surface area contributed by atoms with Crippen LogP contribution in [0.25, 0.3) is 0 Å². The number of hydrogen-bond donors (Lipinski definition) is 0. The highest BCUT2D eigenvalue weighted by Gasteiger charge is 2.43. The van der Waals surface area contributed by atoms with Gasteiger partial charge in [-0.15, -0.1) is 0 Å². The number of rotatable bonds is 33. The van der Waals surface area contributed by atoms with E-state index in [1.54, 1.807) is 0 Å². The third kappa shape index (κ3) is 25.3. The van der Waals surface area contributed by atoms with Crippen LogP contribution in [0.3, 0.4) is 0 Å². The molecule has 1 heterocycles. The second-order valence-electron chi connectivity index (χ2n) is 14.4. The number of ether oxygens (including phenoxy) is 4. The van der Waals surface area contributed by atoms with E-state index in [1.807, 2.05) is 14.1 Å². The number of unbranched alkanes of at least 4 members (excludes halogenated alkanes) is 21. The van der Waals surface area contributed by atoms with Crippen LogP contribution in [0.2, 0.25) is 0 Å². The lowest BCUT2D eigenvalue weighted by Crippen LogP contribution is -2.40. The molecule has 0 amide bonds. The maximum Gasteiger partial charge on any atom is 0.306 e. The van der Waals surface area contributed by atoms with Crippen molar-refractivity contribution in [2.75, 3.05) is 33.9 Å². The highest BCUT2D eigenvalue weighted by atomic mass is 16.6. The van der Waals surface area contributed by atoms with Crippen LogP contribution in [-0.4, -0.2) is 75.0 Å². The maximum atomic E-state index is 12.9. The fourth-order valence-electron chi connectivity index (χ4n) is 6.29. The van der Waals surface area contributed by atoms with Crippen molar-refractivity contribution in [3.05, 3.63) is 0 Å². The smallest absolute Gasteiger partial charge is 0.306 e. The van der Waals surface area contributed by atoms with Gasteiger partial charge in [0.15, 0.2) is 12.2 Å². The number of carbonyl (C=O) groups is 3. The third-order valence-electron chi connectivity index (χ3n) is 9.37. The van der Waals surface area contributed by atoms with Gasteiger partial charge in [0.1, 0.15) is 12.7 Å². The molecule has 48 heavy (non-hydrogen) atoms. The molecule has 282 valence electrons. The molecule has 0 N–H and O–H groups in total. The Morgan fingerprint density at radius 2 is 0.938 bits per heavy atom. The molecule has 1 saturated heterocycles. The summed E-state index contributed by atoms with van der Waals surface area (Å²) in [6.45, 7) is 5.53. The maximum absolute atomic E-state index is 12.9. The molecular formula is C40H75NO7. The number of hydrogen-bond acceptors (Lipinski definition) is 8. The lowest BCUT2D eigenvalue weighted by Gasteiger charge is -2.23. The molecule has 8 heteroatoms. The molecule has 0 aromatic carbocycles. The standard InChI is InChI=1S/C40H75NO7/c1-5-7-9-11-13-15-17-19-21-23-25-30-38(43)47-36-34-45-35(33-46-37(42)29-27-28-32-41(3)4)40(36)48-39(44)31-26-24-22-20-18-16-14-12-10-8-6-2/h35-36,40H,5-34H2,1-4H3/t35-,36?,40+/m1/s1.